The first-order chi connectivity index (χ1) is 10.5. The molecule has 0 bridgehead atoms. The summed E-state index contributed by atoms with van der Waals surface area (Å²) in [5, 5.41) is 0. The normalized spacial score (nSPS) is 11.0. The zero-order chi connectivity index (χ0) is 15.9. The molecule has 2 N–H and O–H groups in total. The van der Waals surface area contributed by atoms with Gasteiger partial charge >= 0.3 is 0 Å². The van der Waals surface area contributed by atoms with E-state index in [1.54, 1.807) is 0 Å². The van der Waals surface area contributed by atoms with Crippen molar-refractivity contribution in [3.8, 4) is 11.3 Å². The van der Waals surface area contributed by atoms with E-state index < -0.39 is 0 Å². The molecule has 1 aromatic carbocycles. The molecular weight excluding hydrogens is 290 g/mol. The number of nitrogens with zero attached hydrogens (tertiary/aromatic N) is 2. The second-order valence-corrected chi connectivity index (χ2v) is 6.25. The molecule has 0 atom stereocenters. The maximum Gasteiger partial charge on any atom is 0.137 e. The lowest BCUT2D eigenvalue weighted by Crippen LogP contribution is -2.14. The zero-order valence-electron chi connectivity index (χ0n) is 13.1. The van der Waals surface area contributed by atoms with Gasteiger partial charge in [-0.25, -0.2) is 4.98 Å². The van der Waals surface area contributed by atoms with Gasteiger partial charge in [-0.15, -0.1) is 0 Å². The third-order valence-corrected chi connectivity index (χ3v) is 4.06. The van der Waals surface area contributed by atoms with E-state index in [0.29, 0.717) is 11.4 Å². The van der Waals surface area contributed by atoms with Crippen molar-refractivity contribution in [2.75, 3.05) is 0 Å². The Morgan fingerprint density at radius 3 is 2.64 bits per heavy atom. The Hall–Kier alpha value is -2.20. The number of fused-ring (bicyclic) bond motifs is 1. The zero-order valence-corrected chi connectivity index (χ0v) is 13.9. The van der Waals surface area contributed by atoms with Crippen molar-refractivity contribution in [1.82, 2.24) is 9.38 Å². The third-order valence-electron chi connectivity index (χ3n) is 3.91. The van der Waals surface area contributed by atoms with Crippen LogP contribution in [-0.4, -0.2) is 14.4 Å². The fraction of sp³-hybridized carbons (Fsp3) is 0.222. The molecule has 4 heteroatoms. The van der Waals surface area contributed by atoms with Crippen LogP contribution >= 0.6 is 12.2 Å². The van der Waals surface area contributed by atoms with Crippen LogP contribution in [0, 0.1) is 20.8 Å². The molecule has 0 spiro atoms. The highest BCUT2D eigenvalue weighted by Crippen LogP contribution is 2.29. The Bertz CT molecular complexity index is 877. The van der Waals surface area contributed by atoms with Crippen molar-refractivity contribution >= 4 is 22.9 Å². The molecule has 0 fully saturated rings. The van der Waals surface area contributed by atoms with Gasteiger partial charge in [0.05, 0.1) is 16.4 Å². The van der Waals surface area contributed by atoms with Crippen LogP contribution in [0.3, 0.4) is 0 Å². The number of rotatable bonds is 3. The van der Waals surface area contributed by atoms with Gasteiger partial charge in [0.1, 0.15) is 5.65 Å². The Labute approximate surface area is 135 Å². The quantitative estimate of drug-likeness (QED) is 0.749. The summed E-state index contributed by atoms with van der Waals surface area (Å²) in [7, 11) is 0. The van der Waals surface area contributed by atoms with Gasteiger partial charge in [0.15, 0.2) is 0 Å². The Kier molecular flexibility index (Phi) is 3.71. The predicted molar refractivity (Wildman–Crippen MR) is 95.3 cm³/mol. The fourth-order valence-electron chi connectivity index (χ4n) is 2.95. The molecule has 0 aliphatic rings. The molecule has 2 heterocycles. The summed E-state index contributed by atoms with van der Waals surface area (Å²) in [6.45, 7) is 6.29. The minimum Gasteiger partial charge on any atom is -0.393 e. The topological polar surface area (TPSA) is 43.3 Å². The monoisotopic (exact) mass is 309 g/mol. The average molecular weight is 309 g/mol. The van der Waals surface area contributed by atoms with Gasteiger partial charge < -0.3 is 10.1 Å². The van der Waals surface area contributed by atoms with E-state index >= 15 is 0 Å². The number of benzene rings is 1. The Balaban J connectivity index is 2.33. The molecule has 0 amide bonds. The highest BCUT2D eigenvalue weighted by atomic mass is 32.1. The van der Waals surface area contributed by atoms with Crippen LogP contribution in [0.4, 0.5) is 0 Å². The molecule has 22 heavy (non-hydrogen) atoms. The first kappa shape index (κ1) is 14.7. The lowest BCUT2D eigenvalue weighted by molar-refractivity contribution is 1.02. The van der Waals surface area contributed by atoms with E-state index in [9.17, 15) is 0 Å². The summed E-state index contributed by atoms with van der Waals surface area (Å²) in [5.74, 6) is 0. The van der Waals surface area contributed by atoms with Crippen LogP contribution in [0.2, 0.25) is 0 Å². The van der Waals surface area contributed by atoms with E-state index in [0.717, 1.165) is 28.3 Å². The maximum atomic E-state index is 5.82. The maximum absolute atomic E-state index is 5.82. The van der Waals surface area contributed by atoms with E-state index in [-0.39, 0.29) is 0 Å². The number of aryl methyl sites for hydroxylation is 3. The molecular formula is C18H19N3S. The van der Waals surface area contributed by atoms with Crippen LogP contribution in [0.25, 0.3) is 16.9 Å². The molecule has 0 radical (unpaired) electrons. The van der Waals surface area contributed by atoms with Gasteiger partial charge in [-0.2, -0.15) is 0 Å². The van der Waals surface area contributed by atoms with E-state index in [1.807, 2.05) is 12.1 Å². The summed E-state index contributed by atoms with van der Waals surface area (Å²) >= 11 is 5.15. The number of thiocarbonyl (C=S) groups is 1. The van der Waals surface area contributed by atoms with Gasteiger partial charge in [0.2, 0.25) is 0 Å². The van der Waals surface area contributed by atoms with Gasteiger partial charge in [0, 0.05) is 17.7 Å². The number of hydrogen-bond donors (Lipinski definition) is 1. The van der Waals surface area contributed by atoms with Crippen LogP contribution < -0.4 is 5.73 Å². The number of hydrogen-bond acceptors (Lipinski definition) is 2. The molecule has 0 saturated heterocycles. The Morgan fingerprint density at radius 1 is 1.18 bits per heavy atom. The molecule has 3 aromatic rings. The van der Waals surface area contributed by atoms with Crippen LogP contribution in [-0.2, 0) is 6.42 Å². The molecule has 3 nitrogen and oxygen atoms in total. The predicted octanol–water partition coefficient (Wildman–Crippen LogP) is 3.76. The second-order valence-electron chi connectivity index (χ2n) is 5.73. The highest BCUT2D eigenvalue weighted by Gasteiger charge is 2.17. The minimum absolute atomic E-state index is 0.482. The summed E-state index contributed by atoms with van der Waals surface area (Å²) in [4.78, 5) is 5.32. The van der Waals surface area contributed by atoms with Crippen LogP contribution in [0.1, 0.15) is 22.5 Å². The van der Waals surface area contributed by atoms with Gasteiger partial charge in [-0.1, -0.05) is 42.0 Å². The van der Waals surface area contributed by atoms with Crippen molar-refractivity contribution in [2.45, 2.75) is 27.2 Å². The summed E-state index contributed by atoms with van der Waals surface area (Å²) in [6.07, 6.45) is 0.546. The Morgan fingerprint density at radius 2 is 1.95 bits per heavy atom. The first-order valence-electron chi connectivity index (χ1n) is 7.30. The smallest absolute Gasteiger partial charge is 0.137 e. The number of pyridine rings is 1. The molecule has 3 rings (SSSR count). The second kappa shape index (κ2) is 5.54. The number of nitrogens with two attached hydrogens (primary N) is 1. The molecule has 0 saturated carbocycles. The average Bonchev–Trinajstić information content (AvgIpc) is 2.78. The third kappa shape index (κ3) is 2.50. The highest BCUT2D eigenvalue weighted by molar-refractivity contribution is 7.80. The molecule has 0 aliphatic carbocycles. The van der Waals surface area contributed by atoms with Crippen LogP contribution in [0.5, 0.6) is 0 Å². The van der Waals surface area contributed by atoms with E-state index in [2.05, 4.69) is 49.4 Å². The van der Waals surface area contributed by atoms with Crippen molar-refractivity contribution in [3.05, 3.63) is 58.9 Å². The molecule has 112 valence electrons. The first-order valence-corrected chi connectivity index (χ1v) is 7.71. The van der Waals surface area contributed by atoms with E-state index in [4.69, 9.17) is 22.9 Å². The SMILES string of the molecule is Cc1ccc(-c2nc3cccc(C)n3c2CC(N)=S)c(C)c1. The van der Waals surface area contributed by atoms with Crippen LogP contribution in [0.15, 0.2) is 36.4 Å². The molecule has 0 unspecified atom stereocenters. The number of imidazole rings is 1. The lowest BCUT2D eigenvalue weighted by Gasteiger charge is -2.09. The molecule has 0 aliphatic heterocycles. The van der Waals surface area contributed by atoms with Crippen molar-refractivity contribution < 1.29 is 0 Å². The van der Waals surface area contributed by atoms with Gasteiger partial charge in [-0.3, -0.25) is 0 Å². The molecule has 2 aromatic heterocycles. The van der Waals surface area contributed by atoms with Crippen molar-refractivity contribution in [1.29, 1.82) is 0 Å². The van der Waals surface area contributed by atoms with Gasteiger partial charge in [-0.05, 0) is 38.5 Å². The van der Waals surface area contributed by atoms with Crippen molar-refractivity contribution in [3.63, 3.8) is 0 Å². The summed E-state index contributed by atoms with van der Waals surface area (Å²) in [6, 6.07) is 12.5. The summed E-state index contributed by atoms with van der Waals surface area (Å²) in [5.41, 5.74) is 13.5. The lowest BCUT2D eigenvalue weighted by atomic mass is 10.0. The summed E-state index contributed by atoms with van der Waals surface area (Å²) < 4.78 is 2.15. The van der Waals surface area contributed by atoms with Gasteiger partial charge in [0.25, 0.3) is 0 Å². The van der Waals surface area contributed by atoms with E-state index in [1.165, 1.54) is 11.1 Å². The van der Waals surface area contributed by atoms with Crippen molar-refractivity contribution in [2.24, 2.45) is 5.73 Å². The number of aromatic nitrogens is 2. The standard InChI is InChI=1S/C18H19N3S/c1-11-7-8-14(12(2)9-11)18-15(10-16(19)22)21-13(3)5-4-6-17(21)20-18/h4-9H,10H2,1-3H3,(H2,19,22). The minimum atomic E-state index is 0.482. The fourth-order valence-corrected chi connectivity index (χ4v) is 3.09. The largest absolute Gasteiger partial charge is 0.393 e.